The first-order valence-electron chi connectivity index (χ1n) is 8.76. The molecule has 0 atom stereocenters. The second kappa shape index (κ2) is 11.4. The smallest absolute Gasteiger partial charge is 0.325 e. The predicted molar refractivity (Wildman–Crippen MR) is 109 cm³/mol. The number of hydrogen-bond donors (Lipinski definition) is 3. The van der Waals surface area contributed by atoms with Gasteiger partial charge in [0.25, 0.3) is 17.7 Å². The van der Waals surface area contributed by atoms with Crippen molar-refractivity contribution in [1.82, 2.24) is 16.2 Å². The molecule has 0 aliphatic carbocycles. The van der Waals surface area contributed by atoms with Crippen LogP contribution < -0.4 is 30.4 Å². The number of benzene rings is 1. The van der Waals surface area contributed by atoms with Crippen LogP contribution in [0.4, 0.5) is 0 Å². The molecule has 3 amide bonds. The lowest BCUT2D eigenvalue weighted by atomic mass is 10.1. The highest BCUT2D eigenvalue weighted by molar-refractivity contribution is 7.12. The number of rotatable bonds is 9. The van der Waals surface area contributed by atoms with Crippen LogP contribution in [-0.2, 0) is 14.3 Å². The van der Waals surface area contributed by atoms with Crippen molar-refractivity contribution in [2.24, 2.45) is 0 Å². The third-order valence-electron chi connectivity index (χ3n) is 3.74. The number of ether oxygens (including phenoxy) is 4. The van der Waals surface area contributed by atoms with Crippen molar-refractivity contribution in [3.05, 3.63) is 40.1 Å². The molecule has 0 unspecified atom stereocenters. The van der Waals surface area contributed by atoms with Gasteiger partial charge in [-0.05, 0) is 23.6 Å². The number of carbonyl (C=O) groups is 4. The fraction of sp³-hybridized carbons (Fsp3) is 0.263. The second-order valence-electron chi connectivity index (χ2n) is 5.74. The normalized spacial score (nSPS) is 9.90. The fourth-order valence-electron chi connectivity index (χ4n) is 2.30. The molecule has 0 aliphatic heterocycles. The Morgan fingerprint density at radius 1 is 0.935 bits per heavy atom. The van der Waals surface area contributed by atoms with E-state index in [-0.39, 0.29) is 17.1 Å². The minimum absolute atomic E-state index is 0.163. The van der Waals surface area contributed by atoms with Gasteiger partial charge in [-0.3, -0.25) is 30.0 Å². The molecule has 0 saturated heterocycles. The molecule has 1 aromatic heterocycles. The molecule has 31 heavy (non-hydrogen) atoms. The van der Waals surface area contributed by atoms with Gasteiger partial charge >= 0.3 is 5.97 Å². The Morgan fingerprint density at radius 2 is 1.61 bits per heavy atom. The first-order chi connectivity index (χ1) is 14.9. The Bertz CT molecular complexity index is 921. The van der Waals surface area contributed by atoms with Gasteiger partial charge in [-0.2, -0.15) is 0 Å². The number of nitrogens with one attached hydrogen (secondary N) is 3. The molecule has 0 radical (unpaired) electrons. The molecule has 0 aliphatic rings. The van der Waals surface area contributed by atoms with Crippen LogP contribution in [0.5, 0.6) is 17.2 Å². The third kappa shape index (κ3) is 6.60. The number of methoxy groups -OCH3 is 3. The Hall–Kier alpha value is -3.80. The molecule has 0 fully saturated rings. The van der Waals surface area contributed by atoms with E-state index in [1.165, 1.54) is 44.8 Å². The number of amides is 3. The van der Waals surface area contributed by atoms with E-state index in [9.17, 15) is 19.2 Å². The van der Waals surface area contributed by atoms with Crippen molar-refractivity contribution in [2.45, 2.75) is 0 Å². The summed E-state index contributed by atoms with van der Waals surface area (Å²) in [6, 6.07) is 6.12. The lowest BCUT2D eigenvalue weighted by molar-refractivity contribution is -0.147. The topological polar surface area (TPSA) is 141 Å². The first-order valence-corrected chi connectivity index (χ1v) is 9.64. The predicted octanol–water partition coefficient (Wildman–Crippen LogP) is 0.508. The van der Waals surface area contributed by atoms with Gasteiger partial charge in [0, 0.05) is 5.56 Å². The SMILES string of the molecule is COc1cc(C(=O)NCC(=O)OCC(=O)NNC(=O)c2cccs2)cc(OC)c1OC. The van der Waals surface area contributed by atoms with Crippen LogP contribution in [0.3, 0.4) is 0 Å². The summed E-state index contributed by atoms with van der Waals surface area (Å²) in [6.07, 6.45) is 0. The molecule has 2 rings (SSSR count). The molecule has 1 heterocycles. The maximum Gasteiger partial charge on any atom is 0.325 e. The lowest BCUT2D eigenvalue weighted by Crippen LogP contribution is -2.43. The van der Waals surface area contributed by atoms with Gasteiger partial charge in [-0.1, -0.05) is 6.07 Å². The number of hydrogen-bond acceptors (Lipinski definition) is 9. The zero-order valence-corrected chi connectivity index (χ0v) is 17.8. The van der Waals surface area contributed by atoms with Gasteiger partial charge in [-0.25, -0.2) is 0 Å². The standard InChI is InChI=1S/C19H21N3O8S/c1-27-12-7-11(8-13(28-2)17(12)29-3)18(25)20-9-16(24)30-10-15(23)21-22-19(26)14-5-4-6-31-14/h4-8H,9-10H2,1-3H3,(H,20,25)(H,21,23)(H,22,26). The average Bonchev–Trinajstić information content (AvgIpc) is 3.33. The summed E-state index contributed by atoms with van der Waals surface area (Å²) in [5.41, 5.74) is 4.47. The monoisotopic (exact) mass is 451 g/mol. The molecule has 0 spiro atoms. The molecule has 1 aromatic carbocycles. The van der Waals surface area contributed by atoms with E-state index in [0.29, 0.717) is 10.6 Å². The minimum atomic E-state index is -0.847. The summed E-state index contributed by atoms with van der Waals surface area (Å²) in [5, 5.41) is 4.08. The van der Waals surface area contributed by atoms with Gasteiger partial charge < -0.3 is 24.3 Å². The van der Waals surface area contributed by atoms with Crippen molar-refractivity contribution < 1.29 is 38.1 Å². The van der Waals surface area contributed by atoms with Crippen molar-refractivity contribution in [1.29, 1.82) is 0 Å². The highest BCUT2D eigenvalue weighted by Crippen LogP contribution is 2.38. The van der Waals surface area contributed by atoms with E-state index in [1.54, 1.807) is 17.5 Å². The van der Waals surface area contributed by atoms with E-state index >= 15 is 0 Å². The van der Waals surface area contributed by atoms with Crippen molar-refractivity contribution in [2.75, 3.05) is 34.5 Å². The molecule has 166 valence electrons. The number of hydrazine groups is 1. The molecule has 11 nitrogen and oxygen atoms in total. The third-order valence-corrected chi connectivity index (χ3v) is 4.61. The van der Waals surface area contributed by atoms with Gasteiger partial charge in [0.05, 0.1) is 26.2 Å². The van der Waals surface area contributed by atoms with Gasteiger partial charge in [-0.15, -0.1) is 11.3 Å². The highest BCUT2D eigenvalue weighted by Gasteiger charge is 2.18. The summed E-state index contributed by atoms with van der Waals surface area (Å²) in [5.74, 6) is -1.81. The van der Waals surface area contributed by atoms with Crippen molar-refractivity contribution in [3.8, 4) is 17.2 Å². The molecule has 2 aromatic rings. The zero-order chi connectivity index (χ0) is 22.8. The Kier molecular flexibility index (Phi) is 8.64. The second-order valence-corrected chi connectivity index (χ2v) is 6.68. The lowest BCUT2D eigenvalue weighted by Gasteiger charge is -2.14. The Morgan fingerprint density at radius 3 is 2.16 bits per heavy atom. The summed E-state index contributed by atoms with van der Waals surface area (Å²) in [6.45, 7) is -1.12. The van der Waals surface area contributed by atoms with E-state index in [1.807, 2.05) is 0 Å². The Labute approximate surface area is 181 Å². The number of carbonyl (C=O) groups excluding carboxylic acids is 4. The number of esters is 1. The van der Waals surface area contributed by atoms with Crippen molar-refractivity contribution in [3.63, 3.8) is 0 Å². The molecular formula is C19H21N3O8S. The quantitative estimate of drug-likeness (QED) is 0.370. The fourth-order valence-corrected chi connectivity index (χ4v) is 2.91. The van der Waals surface area contributed by atoms with Gasteiger partial charge in [0.1, 0.15) is 6.54 Å². The van der Waals surface area contributed by atoms with E-state index in [0.717, 1.165) is 0 Å². The molecular weight excluding hydrogens is 430 g/mol. The maximum atomic E-state index is 12.3. The average molecular weight is 451 g/mol. The largest absolute Gasteiger partial charge is 0.493 e. The van der Waals surface area contributed by atoms with Crippen LogP contribution in [-0.4, -0.2) is 58.2 Å². The Balaban J connectivity index is 1.79. The van der Waals surface area contributed by atoms with Crippen LogP contribution in [0.1, 0.15) is 20.0 Å². The molecule has 3 N–H and O–H groups in total. The molecule has 0 saturated carbocycles. The van der Waals surface area contributed by atoms with Gasteiger partial charge in [0.15, 0.2) is 18.1 Å². The summed E-state index contributed by atoms with van der Waals surface area (Å²) in [4.78, 5) is 47.9. The minimum Gasteiger partial charge on any atom is -0.493 e. The van der Waals surface area contributed by atoms with Crippen LogP contribution >= 0.6 is 11.3 Å². The maximum absolute atomic E-state index is 12.3. The van der Waals surface area contributed by atoms with Gasteiger partial charge in [0.2, 0.25) is 5.75 Å². The van der Waals surface area contributed by atoms with Crippen LogP contribution in [0.25, 0.3) is 0 Å². The summed E-state index contributed by atoms with van der Waals surface area (Å²) >= 11 is 1.20. The summed E-state index contributed by atoms with van der Waals surface area (Å²) < 4.78 is 20.3. The summed E-state index contributed by atoms with van der Waals surface area (Å²) in [7, 11) is 4.24. The van der Waals surface area contributed by atoms with Crippen LogP contribution in [0, 0.1) is 0 Å². The van der Waals surface area contributed by atoms with Crippen molar-refractivity contribution >= 4 is 35.0 Å². The highest BCUT2D eigenvalue weighted by atomic mass is 32.1. The number of thiophene rings is 1. The zero-order valence-electron chi connectivity index (χ0n) is 17.0. The van der Waals surface area contributed by atoms with E-state index in [2.05, 4.69) is 16.2 Å². The molecule has 0 bridgehead atoms. The first kappa shape index (κ1) is 23.5. The molecule has 12 heteroatoms. The van der Waals surface area contributed by atoms with Crippen LogP contribution in [0.2, 0.25) is 0 Å². The van der Waals surface area contributed by atoms with E-state index < -0.39 is 36.8 Å². The van der Waals surface area contributed by atoms with E-state index in [4.69, 9.17) is 18.9 Å². The van der Waals surface area contributed by atoms with Crippen LogP contribution in [0.15, 0.2) is 29.6 Å².